The maximum atomic E-state index is 13.0. The molecule has 382 valence electrons. The van der Waals surface area contributed by atoms with Gasteiger partial charge in [0.2, 0.25) is 5.75 Å². The molecular formula is C54H74N2O14+2. The van der Waals surface area contributed by atoms with Crippen molar-refractivity contribution < 1.29 is 76.9 Å². The average Bonchev–Trinajstić information content (AvgIpc) is 3.38. The summed E-state index contributed by atoms with van der Waals surface area (Å²) in [5.74, 6) is 2.69. The predicted octanol–water partition coefficient (Wildman–Crippen LogP) is 5.63. The number of carbonyl (C=O) groups excluding carboxylic acids is 2. The van der Waals surface area contributed by atoms with Crippen molar-refractivity contribution in [2.75, 3.05) is 96.1 Å². The Balaban J connectivity index is 1.06. The molecule has 4 aromatic carbocycles. The maximum absolute atomic E-state index is 13.0. The minimum Gasteiger partial charge on any atom is -0.496 e. The predicted molar refractivity (Wildman–Crippen MR) is 261 cm³/mol. The largest absolute Gasteiger partial charge is 0.496 e. The van der Waals surface area contributed by atoms with E-state index in [0.29, 0.717) is 111 Å². The van der Waals surface area contributed by atoms with Gasteiger partial charge >= 0.3 is 11.9 Å². The number of carbonyl (C=O) groups is 2. The summed E-state index contributed by atoms with van der Waals surface area (Å²) < 4.78 is 47.3. The smallest absolute Gasteiger partial charge is 0.306 e. The molecule has 0 fully saturated rings. The number of quaternary nitrogens is 2. The highest BCUT2D eigenvalue weighted by atomic mass is 16.5. The third-order valence-corrected chi connectivity index (χ3v) is 14.6. The molecule has 2 aliphatic rings. The molecule has 16 nitrogen and oxygen atoms in total. The van der Waals surface area contributed by atoms with Gasteiger partial charge in [0.25, 0.3) is 0 Å². The van der Waals surface area contributed by atoms with Crippen molar-refractivity contribution in [3.8, 4) is 34.5 Å². The minimum absolute atomic E-state index is 0.0600. The summed E-state index contributed by atoms with van der Waals surface area (Å²) in [4.78, 5) is 26.0. The van der Waals surface area contributed by atoms with E-state index in [2.05, 4.69) is 14.1 Å². The molecule has 4 atom stereocenters. The van der Waals surface area contributed by atoms with E-state index in [-0.39, 0.29) is 64.6 Å². The Bertz CT molecular complexity index is 2280. The van der Waals surface area contributed by atoms with Crippen LogP contribution in [-0.2, 0) is 71.2 Å². The fourth-order valence-corrected chi connectivity index (χ4v) is 10.8. The molecule has 0 spiro atoms. The number of nitrogens with zero attached hydrogens (tertiary/aromatic N) is 2. The van der Waals surface area contributed by atoms with Gasteiger partial charge in [-0.15, -0.1) is 0 Å². The Morgan fingerprint density at radius 1 is 0.529 bits per heavy atom. The van der Waals surface area contributed by atoms with E-state index in [1.54, 1.807) is 42.7 Å². The van der Waals surface area contributed by atoms with E-state index in [0.717, 1.165) is 52.9 Å². The highest BCUT2D eigenvalue weighted by Crippen LogP contribution is 2.51. The van der Waals surface area contributed by atoms with Crippen LogP contribution in [0, 0.1) is 0 Å². The van der Waals surface area contributed by atoms with Gasteiger partial charge in [-0.2, -0.15) is 0 Å². The standard InChI is InChI=1S/C54H74N2O14/c1-55(21-17-37-29-41(33-59)42(34-60)52(66-6)50(37)43(55)26-35-11-13-39(31-57)40(25-35)32-58)19-9-23-69-48(61)15-16-49(62)70-24-10-20-56(2)22-18-38-30-47(65-5)53(67-7)54(68-8)51(38)44(56)27-36-12-14-45(63-3)46(28-36)64-4/h11-14,25,28-30,43-44,57-60H,9-10,15-24,26-27,31-34H2,1-8H3/q+2. The summed E-state index contributed by atoms with van der Waals surface area (Å²) in [5, 5.41) is 40.5. The van der Waals surface area contributed by atoms with Gasteiger partial charge in [-0.25, -0.2) is 0 Å². The Morgan fingerprint density at radius 3 is 1.53 bits per heavy atom. The van der Waals surface area contributed by atoms with E-state index in [1.165, 1.54) is 0 Å². The lowest BCUT2D eigenvalue weighted by Gasteiger charge is -2.46. The topological polar surface area (TPSA) is 189 Å². The molecule has 2 heterocycles. The Hall–Kier alpha value is -5.62. The first-order chi connectivity index (χ1) is 33.8. The van der Waals surface area contributed by atoms with Crippen LogP contribution < -0.4 is 28.4 Å². The Kier molecular flexibility index (Phi) is 18.8. The van der Waals surface area contributed by atoms with Crippen molar-refractivity contribution in [1.29, 1.82) is 0 Å². The summed E-state index contributed by atoms with van der Waals surface area (Å²) in [7, 11) is 14.1. The number of hydrogen-bond donors (Lipinski definition) is 4. The molecule has 70 heavy (non-hydrogen) atoms. The van der Waals surface area contributed by atoms with Gasteiger partial charge in [0, 0.05) is 44.1 Å². The molecule has 4 unspecified atom stereocenters. The van der Waals surface area contributed by atoms with Crippen LogP contribution in [0.15, 0.2) is 48.5 Å². The molecule has 0 saturated heterocycles. The van der Waals surface area contributed by atoms with Gasteiger partial charge < -0.3 is 67.3 Å². The zero-order chi connectivity index (χ0) is 50.6. The van der Waals surface area contributed by atoms with Crippen molar-refractivity contribution in [3.05, 3.63) is 104 Å². The van der Waals surface area contributed by atoms with Crippen LogP contribution in [0.3, 0.4) is 0 Å². The number of esters is 2. The first kappa shape index (κ1) is 53.7. The molecule has 0 aliphatic carbocycles. The van der Waals surface area contributed by atoms with Gasteiger partial charge in [-0.3, -0.25) is 9.59 Å². The number of aliphatic hydroxyl groups is 4. The van der Waals surface area contributed by atoms with E-state index in [1.807, 2.05) is 48.5 Å². The van der Waals surface area contributed by atoms with Crippen molar-refractivity contribution in [2.45, 2.75) is 89.9 Å². The number of ether oxygens (including phenoxy) is 8. The van der Waals surface area contributed by atoms with Crippen LogP contribution in [0.5, 0.6) is 34.5 Å². The van der Waals surface area contributed by atoms with Crippen molar-refractivity contribution >= 4 is 11.9 Å². The van der Waals surface area contributed by atoms with Gasteiger partial charge in [-0.1, -0.05) is 30.3 Å². The van der Waals surface area contributed by atoms with Crippen molar-refractivity contribution in [1.82, 2.24) is 0 Å². The molecule has 0 amide bonds. The molecule has 0 aromatic heterocycles. The third-order valence-electron chi connectivity index (χ3n) is 14.6. The zero-order valence-corrected chi connectivity index (χ0v) is 42.3. The Labute approximate surface area is 412 Å². The second-order valence-corrected chi connectivity index (χ2v) is 18.7. The van der Waals surface area contributed by atoms with Gasteiger partial charge in [0.1, 0.15) is 17.8 Å². The van der Waals surface area contributed by atoms with E-state index >= 15 is 0 Å². The third kappa shape index (κ3) is 11.8. The fourth-order valence-electron chi connectivity index (χ4n) is 10.8. The summed E-state index contributed by atoms with van der Waals surface area (Å²) in [6.07, 6.45) is 3.65. The lowest BCUT2D eigenvalue weighted by atomic mass is 9.82. The number of hydrogen-bond acceptors (Lipinski definition) is 14. The number of rotatable bonds is 25. The average molecular weight is 975 g/mol. The maximum Gasteiger partial charge on any atom is 0.306 e. The van der Waals surface area contributed by atoms with E-state index in [4.69, 9.17) is 37.9 Å². The highest BCUT2D eigenvalue weighted by Gasteiger charge is 2.44. The molecule has 16 heteroatoms. The van der Waals surface area contributed by atoms with Crippen molar-refractivity contribution in [2.24, 2.45) is 0 Å². The second-order valence-electron chi connectivity index (χ2n) is 18.7. The van der Waals surface area contributed by atoms with Crippen LogP contribution >= 0.6 is 0 Å². The van der Waals surface area contributed by atoms with E-state index in [9.17, 15) is 30.0 Å². The molecular weight excluding hydrogens is 901 g/mol. The van der Waals surface area contributed by atoms with Crippen LogP contribution in [-0.4, -0.2) is 137 Å². The van der Waals surface area contributed by atoms with Gasteiger partial charge in [0.15, 0.2) is 23.0 Å². The SMILES string of the molecule is COc1ccc(CC2c3c(cc(OC)c(OC)c3OC)CC[N+]2(C)CCCOC(=O)CCC(=O)OCCC[N+]2(C)CCc3cc(CO)c(CO)c(OC)c3C2Cc2ccc(CO)c(CO)c2)cc1OC. The number of fused-ring (bicyclic) bond motifs is 2. The van der Waals surface area contributed by atoms with Gasteiger partial charge in [-0.05, 0) is 57.1 Å². The normalized spacial score (nSPS) is 19.4. The summed E-state index contributed by atoms with van der Waals surface area (Å²) in [5.41, 5.74) is 8.68. The van der Waals surface area contributed by atoms with Crippen molar-refractivity contribution in [3.63, 3.8) is 0 Å². The molecule has 0 radical (unpaired) electrons. The quantitative estimate of drug-likeness (QED) is 0.0364. The van der Waals surface area contributed by atoms with Crippen LogP contribution in [0.2, 0.25) is 0 Å². The zero-order valence-electron chi connectivity index (χ0n) is 42.3. The summed E-state index contributed by atoms with van der Waals surface area (Å²) in [6, 6.07) is 15.5. The molecule has 4 aromatic rings. The van der Waals surface area contributed by atoms with E-state index < -0.39 is 11.9 Å². The van der Waals surface area contributed by atoms with Crippen LogP contribution in [0.25, 0.3) is 0 Å². The van der Waals surface area contributed by atoms with Gasteiger partial charge in [0.05, 0.1) is 147 Å². The molecule has 2 aliphatic heterocycles. The Morgan fingerprint density at radius 2 is 1.03 bits per heavy atom. The number of likely N-dealkylation sites (N-methyl/N-ethyl adjacent to an activating group) is 2. The summed E-state index contributed by atoms with van der Waals surface area (Å²) >= 11 is 0. The second kappa shape index (κ2) is 24.5. The van der Waals surface area contributed by atoms with Crippen LogP contribution in [0.4, 0.5) is 0 Å². The summed E-state index contributed by atoms with van der Waals surface area (Å²) in [6.45, 7) is 2.37. The van der Waals surface area contributed by atoms with Crippen LogP contribution in [0.1, 0.15) is 93.4 Å². The molecule has 6 rings (SSSR count). The highest BCUT2D eigenvalue weighted by molar-refractivity contribution is 5.77. The fraction of sp³-hybridized carbons (Fsp3) is 0.519. The monoisotopic (exact) mass is 975 g/mol. The molecule has 4 N–H and O–H groups in total. The first-order valence-corrected chi connectivity index (χ1v) is 24.1. The number of aliphatic hydroxyl groups excluding tert-OH is 4. The molecule has 0 saturated carbocycles. The number of methoxy groups -OCH3 is 6. The molecule has 0 bridgehead atoms. The minimum atomic E-state index is -0.476. The first-order valence-electron chi connectivity index (χ1n) is 24.1. The lowest BCUT2D eigenvalue weighted by Crippen LogP contribution is -2.53. The lowest BCUT2D eigenvalue weighted by molar-refractivity contribution is -0.941. The number of benzene rings is 4.